The van der Waals surface area contributed by atoms with Gasteiger partial charge in [-0.1, -0.05) is 27.7 Å². The Labute approximate surface area is 114 Å². The van der Waals surface area contributed by atoms with Gasteiger partial charge in [0.25, 0.3) is 7.52 Å². The molecule has 1 rings (SSSR count). The standard InChI is InChI=1S/C9H20NO3P.2C2H6/c1-4-13-14(3,11)10-7-5-6-9(10)8-12-2;2*1-2/h9H,4-8H2,1-3H3;2*1-2H3/t9-,14?;;/m1../s1. The van der Waals surface area contributed by atoms with Crippen molar-refractivity contribution in [2.75, 3.05) is 33.5 Å². The van der Waals surface area contributed by atoms with Crippen LogP contribution >= 0.6 is 7.52 Å². The van der Waals surface area contributed by atoms with Gasteiger partial charge in [-0.25, -0.2) is 4.67 Å². The summed E-state index contributed by atoms with van der Waals surface area (Å²) < 4.78 is 24.5. The lowest BCUT2D eigenvalue weighted by atomic mass is 10.2. The molecular formula is C13H32NO3P. The summed E-state index contributed by atoms with van der Waals surface area (Å²) in [6.07, 6.45) is 2.14. The number of nitrogens with zero attached hydrogens (tertiary/aromatic N) is 1. The average molecular weight is 281 g/mol. The first-order valence-corrected chi connectivity index (χ1v) is 9.12. The lowest BCUT2D eigenvalue weighted by Crippen LogP contribution is -2.30. The van der Waals surface area contributed by atoms with Crippen molar-refractivity contribution in [3.8, 4) is 0 Å². The van der Waals surface area contributed by atoms with E-state index in [2.05, 4.69) is 0 Å². The molecule has 0 amide bonds. The molecule has 0 radical (unpaired) electrons. The highest BCUT2D eigenvalue weighted by Crippen LogP contribution is 2.50. The second kappa shape index (κ2) is 12.2. The highest BCUT2D eigenvalue weighted by molar-refractivity contribution is 7.55. The van der Waals surface area contributed by atoms with Crippen molar-refractivity contribution < 1.29 is 13.8 Å². The lowest BCUT2D eigenvalue weighted by molar-refractivity contribution is 0.140. The highest BCUT2D eigenvalue weighted by Gasteiger charge is 2.35. The first kappa shape index (κ1) is 20.4. The van der Waals surface area contributed by atoms with Gasteiger partial charge < -0.3 is 9.26 Å². The maximum Gasteiger partial charge on any atom is 0.269 e. The Kier molecular flexibility index (Phi) is 13.8. The van der Waals surface area contributed by atoms with Crippen LogP contribution in [0, 0.1) is 0 Å². The van der Waals surface area contributed by atoms with Crippen molar-refractivity contribution in [2.45, 2.75) is 53.5 Å². The molecule has 0 saturated carbocycles. The van der Waals surface area contributed by atoms with Gasteiger partial charge in [0, 0.05) is 26.4 Å². The summed E-state index contributed by atoms with van der Waals surface area (Å²) in [5.74, 6) is 0. The summed E-state index contributed by atoms with van der Waals surface area (Å²) in [6.45, 7) is 13.6. The molecule has 5 heteroatoms. The lowest BCUT2D eigenvalue weighted by Gasteiger charge is -2.29. The molecule has 1 heterocycles. The molecule has 0 aromatic carbocycles. The molecule has 0 aromatic heterocycles. The largest absolute Gasteiger partial charge is 0.383 e. The molecule has 0 aromatic rings. The van der Waals surface area contributed by atoms with E-state index in [1.807, 2.05) is 39.3 Å². The van der Waals surface area contributed by atoms with E-state index < -0.39 is 7.52 Å². The van der Waals surface area contributed by atoms with Crippen LogP contribution < -0.4 is 0 Å². The monoisotopic (exact) mass is 281 g/mol. The topological polar surface area (TPSA) is 38.8 Å². The summed E-state index contributed by atoms with van der Waals surface area (Å²) in [4.78, 5) is 0. The summed E-state index contributed by atoms with van der Waals surface area (Å²) in [6, 6.07) is 0.266. The number of hydrogen-bond acceptors (Lipinski definition) is 3. The van der Waals surface area contributed by atoms with Crippen molar-refractivity contribution in [1.29, 1.82) is 0 Å². The summed E-state index contributed by atoms with van der Waals surface area (Å²) in [5, 5.41) is 0. The van der Waals surface area contributed by atoms with Crippen LogP contribution in [0.1, 0.15) is 47.5 Å². The number of ether oxygens (including phenoxy) is 1. The maximum atomic E-state index is 12.1. The van der Waals surface area contributed by atoms with Crippen molar-refractivity contribution in [3.05, 3.63) is 0 Å². The van der Waals surface area contributed by atoms with Gasteiger partial charge in [-0.05, 0) is 19.8 Å². The van der Waals surface area contributed by atoms with E-state index in [0.29, 0.717) is 13.2 Å². The zero-order valence-electron chi connectivity index (χ0n) is 13.2. The number of hydrogen-bond donors (Lipinski definition) is 0. The fourth-order valence-corrected chi connectivity index (χ4v) is 3.88. The van der Waals surface area contributed by atoms with Crippen molar-refractivity contribution in [1.82, 2.24) is 4.67 Å². The second-order valence-electron chi connectivity index (χ2n) is 3.64. The van der Waals surface area contributed by atoms with Crippen LogP contribution in [0.15, 0.2) is 0 Å². The van der Waals surface area contributed by atoms with Crippen molar-refractivity contribution >= 4 is 7.52 Å². The van der Waals surface area contributed by atoms with Crippen LogP contribution in [0.4, 0.5) is 0 Å². The Morgan fingerprint density at radius 2 is 1.83 bits per heavy atom. The van der Waals surface area contributed by atoms with Gasteiger partial charge in [0.1, 0.15) is 0 Å². The Morgan fingerprint density at radius 1 is 1.28 bits per heavy atom. The predicted octanol–water partition coefficient (Wildman–Crippen LogP) is 4.01. The van der Waals surface area contributed by atoms with Crippen LogP contribution in [0.5, 0.6) is 0 Å². The summed E-state index contributed by atoms with van der Waals surface area (Å²) >= 11 is 0. The maximum absolute atomic E-state index is 12.1. The summed E-state index contributed by atoms with van der Waals surface area (Å²) in [7, 11) is -0.894. The van der Waals surface area contributed by atoms with E-state index in [4.69, 9.17) is 9.26 Å². The first-order chi connectivity index (χ1) is 8.61. The quantitative estimate of drug-likeness (QED) is 0.714. The van der Waals surface area contributed by atoms with E-state index in [1.165, 1.54) is 0 Å². The van der Waals surface area contributed by atoms with Gasteiger partial charge in [0.05, 0.1) is 13.2 Å². The van der Waals surface area contributed by atoms with Gasteiger partial charge >= 0.3 is 0 Å². The SMILES string of the molecule is CC.CC.CCOP(C)(=O)N1CCC[C@@H]1COC. The molecule has 0 spiro atoms. The van der Waals surface area contributed by atoms with Gasteiger partial charge in [-0.2, -0.15) is 0 Å². The van der Waals surface area contributed by atoms with Gasteiger partial charge in [0.2, 0.25) is 0 Å². The molecule has 18 heavy (non-hydrogen) atoms. The molecule has 0 aliphatic carbocycles. The van der Waals surface area contributed by atoms with E-state index in [1.54, 1.807) is 13.8 Å². The molecular weight excluding hydrogens is 249 g/mol. The number of rotatable bonds is 5. The fourth-order valence-electron chi connectivity index (χ4n) is 1.97. The van der Waals surface area contributed by atoms with Crippen LogP contribution in [0.3, 0.4) is 0 Å². The van der Waals surface area contributed by atoms with Gasteiger partial charge in [-0.3, -0.25) is 4.57 Å². The zero-order chi connectivity index (χ0) is 14.6. The Balaban J connectivity index is 0. The third kappa shape index (κ3) is 6.89. The van der Waals surface area contributed by atoms with Gasteiger partial charge in [0.15, 0.2) is 0 Å². The summed E-state index contributed by atoms with van der Waals surface area (Å²) in [5.41, 5.74) is 0. The molecule has 1 unspecified atom stereocenters. The molecule has 1 aliphatic rings. The van der Waals surface area contributed by atoms with Crippen LogP contribution in [-0.4, -0.2) is 44.2 Å². The smallest absolute Gasteiger partial charge is 0.269 e. The zero-order valence-corrected chi connectivity index (χ0v) is 14.1. The normalized spacial score (nSPS) is 22.3. The van der Waals surface area contributed by atoms with E-state index in [9.17, 15) is 4.57 Å². The first-order valence-electron chi connectivity index (χ1n) is 7.10. The minimum Gasteiger partial charge on any atom is -0.383 e. The van der Waals surface area contributed by atoms with E-state index >= 15 is 0 Å². The molecule has 4 nitrogen and oxygen atoms in total. The molecule has 112 valence electrons. The molecule has 1 fully saturated rings. The third-order valence-corrected chi connectivity index (χ3v) is 4.74. The molecule has 1 aliphatic heterocycles. The third-order valence-electron chi connectivity index (χ3n) is 2.54. The van der Waals surface area contributed by atoms with Crippen molar-refractivity contribution in [2.24, 2.45) is 0 Å². The molecule has 0 bridgehead atoms. The van der Waals surface area contributed by atoms with Crippen LogP contribution in [-0.2, 0) is 13.8 Å². The second-order valence-corrected chi connectivity index (χ2v) is 6.01. The van der Waals surface area contributed by atoms with E-state index in [0.717, 1.165) is 19.4 Å². The molecule has 2 atom stereocenters. The number of methoxy groups -OCH3 is 1. The highest BCUT2D eigenvalue weighted by atomic mass is 31.2. The van der Waals surface area contributed by atoms with Crippen molar-refractivity contribution in [3.63, 3.8) is 0 Å². The van der Waals surface area contributed by atoms with Crippen LogP contribution in [0.2, 0.25) is 0 Å². The van der Waals surface area contributed by atoms with E-state index in [-0.39, 0.29) is 6.04 Å². The predicted molar refractivity (Wildman–Crippen MR) is 79.5 cm³/mol. The molecule has 0 N–H and O–H groups in total. The molecule has 1 saturated heterocycles. The Bertz CT molecular complexity index is 224. The van der Waals surface area contributed by atoms with Crippen LogP contribution in [0.25, 0.3) is 0 Å². The Morgan fingerprint density at radius 3 is 2.28 bits per heavy atom. The Hall–Kier alpha value is 0.110. The minimum absolute atomic E-state index is 0.266. The average Bonchev–Trinajstić information content (AvgIpc) is 2.84. The van der Waals surface area contributed by atoms with Gasteiger partial charge in [-0.15, -0.1) is 0 Å². The minimum atomic E-state index is -2.57. The fraction of sp³-hybridized carbons (Fsp3) is 1.00.